The van der Waals surface area contributed by atoms with Crippen LogP contribution >= 0.6 is 23.2 Å². The zero-order valence-electron chi connectivity index (χ0n) is 10.7. The molecule has 2 rings (SSSR count). The van der Waals surface area contributed by atoms with Crippen LogP contribution in [-0.2, 0) is 13.0 Å². The second kappa shape index (κ2) is 6.84. The van der Waals surface area contributed by atoms with Crippen molar-refractivity contribution in [2.24, 2.45) is 0 Å². The predicted octanol–water partition coefficient (Wildman–Crippen LogP) is 3.85. The van der Waals surface area contributed by atoms with Crippen molar-refractivity contribution in [3.8, 4) is 5.75 Å². The van der Waals surface area contributed by atoms with E-state index in [2.05, 4.69) is 5.32 Å². The quantitative estimate of drug-likeness (QED) is 0.786. The van der Waals surface area contributed by atoms with Gasteiger partial charge in [-0.05, 0) is 36.2 Å². The molecular formula is C15H15Cl2NO2. The average Bonchev–Trinajstić information content (AvgIpc) is 2.43. The largest absolute Gasteiger partial charge is 0.506 e. The van der Waals surface area contributed by atoms with E-state index in [1.54, 1.807) is 6.07 Å². The van der Waals surface area contributed by atoms with E-state index < -0.39 is 0 Å². The third-order valence-corrected chi connectivity index (χ3v) is 3.45. The summed E-state index contributed by atoms with van der Waals surface area (Å²) >= 11 is 11.8. The number of phenols is 1. The van der Waals surface area contributed by atoms with Gasteiger partial charge in [0.1, 0.15) is 5.75 Å². The molecule has 0 aliphatic heterocycles. The van der Waals surface area contributed by atoms with Gasteiger partial charge in [-0.25, -0.2) is 0 Å². The molecule has 2 aromatic carbocycles. The van der Waals surface area contributed by atoms with Crippen LogP contribution in [0.15, 0.2) is 36.4 Å². The van der Waals surface area contributed by atoms with Crippen LogP contribution in [0.1, 0.15) is 11.1 Å². The maximum atomic E-state index is 9.86. The molecule has 3 nitrogen and oxygen atoms in total. The van der Waals surface area contributed by atoms with E-state index in [0.29, 0.717) is 23.6 Å². The highest BCUT2D eigenvalue weighted by Crippen LogP contribution is 2.31. The zero-order valence-corrected chi connectivity index (χ0v) is 12.2. The third kappa shape index (κ3) is 3.79. The van der Waals surface area contributed by atoms with Crippen LogP contribution in [0.4, 0.5) is 5.69 Å². The average molecular weight is 312 g/mol. The number of aliphatic hydroxyl groups excluding tert-OH is 1. The topological polar surface area (TPSA) is 52.5 Å². The van der Waals surface area contributed by atoms with Crippen LogP contribution in [0, 0.1) is 0 Å². The SMILES string of the molecule is OCCc1ccc(NCc2cc(Cl)cc(Cl)c2O)cc1. The van der Waals surface area contributed by atoms with Crippen molar-refractivity contribution in [3.63, 3.8) is 0 Å². The first-order valence-corrected chi connectivity index (χ1v) is 6.96. The Morgan fingerprint density at radius 3 is 2.40 bits per heavy atom. The van der Waals surface area contributed by atoms with Crippen LogP contribution in [0.3, 0.4) is 0 Å². The summed E-state index contributed by atoms with van der Waals surface area (Å²) in [6, 6.07) is 10.9. The minimum absolute atomic E-state index is 0.0421. The Balaban J connectivity index is 2.05. The number of aromatic hydroxyl groups is 1. The second-order valence-electron chi connectivity index (χ2n) is 4.42. The Labute approximate surface area is 127 Å². The molecule has 0 aliphatic rings. The Bertz CT molecular complexity index is 585. The van der Waals surface area contributed by atoms with Crippen molar-refractivity contribution in [2.75, 3.05) is 11.9 Å². The molecule has 0 aliphatic carbocycles. The molecule has 0 aromatic heterocycles. The van der Waals surface area contributed by atoms with Gasteiger partial charge in [0.15, 0.2) is 0 Å². The normalized spacial score (nSPS) is 10.6. The first kappa shape index (κ1) is 15.0. The Morgan fingerprint density at radius 1 is 1.05 bits per heavy atom. The summed E-state index contributed by atoms with van der Waals surface area (Å²) in [4.78, 5) is 0. The molecule has 20 heavy (non-hydrogen) atoms. The highest BCUT2D eigenvalue weighted by atomic mass is 35.5. The summed E-state index contributed by atoms with van der Waals surface area (Å²) in [6.07, 6.45) is 0.644. The molecule has 0 atom stereocenters. The zero-order chi connectivity index (χ0) is 14.5. The highest BCUT2D eigenvalue weighted by Gasteiger charge is 2.07. The molecule has 2 aromatic rings. The van der Waals surface area contributed by atoms with E-state index in [-0.39, 0.29) is 17.4 Å². The minimum Gasteiger partial charge on any atom is -0.506 e. The van der Waals surface area contributed by atoms with Crippen molar-refractivity contribution >= 4 is 28.9 Å². The van der Waals surface area contributed by atoms with Crippen LogP contribution in [0.2, 0.25) is 10.0 Å². The van der Waals surface area contributed by atoms with Crippen molar-refractivity contribution in [1.82, 2.24) is 0 Å². The number of hydrogen-bond donors (Lipinski definition) is 3. The number of anilines is 1. The lowest BCUT2D eigenvalue weighted by molar-refractivity contribution is 0.299. The van der Waals surface area contributed by atoms with E-state index in [0.717, 1.165) is 11.3 Å². The number of nitrogens with one attached hydrogen (secondary N) is 1. The van der Waals surface area contributed by atoms with E-state index in [1.165, 1.54) is 6.07 Å². The lowest BCUT2D eigenvalue weighted by atomic mass is 10.1. The smallest absolute Gasteiger partial charge is 0.139 e. The molecule has 0 radical (unpaired) electrons. The summed E-state index contributed by atoms with van der Waals surface area (Å²) in [7, 11) is 0. The Kier molecular flexibility index (Phi) is 5.12. The molecule has 0 heterocycles. The Morgan fingerprint density at radius 2 is 1.75 bits per heavy atom. The fourth-order valence-corrected chi connectivity index (χ4v) is 2.41. The van der Waals surface area contributed by atoms with Gasteiger partial charge < -0.3 is 15.5 Å². The van der Waals surface area contributed by atoms with Gasteiger partial charge in [0, 0.05) is 29.4 Å². The van der Waals surface area contributed by atoms with Gasteiger partial charge in [-0.3, -0.25) is 0 Å². The number of hydrogen-bond acceptors (Lipinski definition) is 3. The monoisotopic (exact) mass is 311 g/mol. The predicted molar refractivity (Wildman–Crippen MR) is 82.7 cm³/mol. The number of aliphatic hydroxyl groups is 1. The van der Waals surface area contributed by atoms with E-state index in [4.69, 9.17) is 28.3 Å². The van der Waals surface area contributed by atoms with Crippen molar-refractivity contribution < 1.29 is 10.2 Å². The standard InChI is InChI=1S/C15H15Cl2NO2/c16-12-7-11(15(20)14(17)8-12)9-18-13-3-1-10(2-4-13)5-6-19/h1-4,7-8,18-20H,5-6,9H2. The summed E-state index contributed by atoms with van der Waals surface area (Å²) in [6.45, 7) is 0.563. The number of halogens is 2. The van der Waals surface area contributed by atoms with Gasteiger partial charge in [0.25, 0.3) is 0 Å². The van der Waals surface area contributed by atoms with E-state index in [9.17, 15) is 5.11 Å². The van der Waals surface area contributed by atoms with Crippen LogP contribution in [0.25, 0.3) is 0 Å². The molecule has 0 fully saturated rings. The van der Waals surface area contributed by atoms with E-state index >= 15 is 0 Å². The molecule has 5 heteroatoms. The van der Waals surface area contributed by atoms with Crippen molar-refractivity contribution in [2.45, 2.75) is 13.0 Å². The summed E-state index contributed by atoms with van der Waals surface area (Å²) < 4.78 is 0. The van der Waals surface area contributed by atoms with Crippen LogP contribution < -0.4 is 5.32 Å². The molecule has 0 spiro atoms. The molecule has 0 bridgehead atoms. The fraction of sp³-hybridized carbons (Fsp3) is 0.200. The summed E-state index contributed by atoms with van der Waals surface area (Å²) in [5.74, 6) is 0.0421. The van der Waals surface area contributed by atoms with Crippen LogP contribution in [0.5, 0.6) is 5.75 Å². The lowest BCUT2D eigenvalue weighted by Gasteiger charge is -2.10. The van der Waals surface area contributed by atoms with Gasteiger partial charge in [0.05, 0.1) is 5.02 Å². The Hall–Kier alpha value is -1.42. The molecule has 0 unspecified atom stereocenters. The van der Waals surface area contributed by atoms with Crippen molar-refractivity contribution in [1.29, 1.82) is 0 Å². The first-order valence-electron chi connectivity index (χ1n) is 6.20. The lowest BCUT2D eigenvalue weighted by Crippen LogP contribution is -2.00. The maximum absolute atomic E-state index is 9.86. The fourth-order valence-electron chi connectivity index (χ4n) is 1.87. The molecule has 0 saturated heterocycles. The number of rotatable bonds is 5. The molecular weight excluding hydrogens is 297 g/mol. The second-order valence-corrected chi connectivity index (χ2v) is 5.26. The molecule has 3 N–H and O–H groups in total. The highest BCUT2D eigenvalue weighted by molar-refractivity contribution is 6.35. The third-order valence-electron chi connectivity index (χ3n) is 2.94. The van der Waals surface area contributed by atoms with Crippen molar-refractivity contribution in [3.05, 3.63) is 57.6 Å². The van der Waals surface area contributed by atoms with Gasteiger partial charge in [-0.15, -0.1) is 0 Å². The maximum Gasteiger partial charge on any atom is 0.139 e. The first-order chi connectivity index (χ1) is 9.60. The van der Waals surface area contributed by atoms with Gasteiger partial charge in [0.2, 0.25) is 0 Å². The minimum atomic E-state index is 0.0421. The number of benzene rings is 2. The summed E-state index contributed by atoms with van der Waals surface area (Å²) in [5, 5.41) is 22.6. The molecule has 0 amide bonds. The number of phenolic OH excluding ortho intramolecular Hbond substituents is 1. The summed E-state index contributed by atoms with van der Waals surface area (Å²) in [5.41, 5.74) is 2.64. The van der Waals surface area contributed by atoms with Crippen LogP contribution in [-0.4, -0.2) is 16.8 Å². The molecule has 106 valence electrons. The van der Waals surface area contributed by atoms with Gasteiger partial charge >= 0.3 is 0 Å². The van der Waals surface area contributed by atoms with Gasteiger partial charge in [-0.2, -0.15) is 0 Å². The molecule has 0 saturated carbocycles. The van der Waals surface area contributed by atoms with Gasteiger partial charge in [-0.1, -0.05) is 35.3 Å². The van der Waals surface area contributed by atoms with E-state index in [1.807, 2.05) is 24.3 Å².